The van der Waals surface area contributed by atoms with E-state index < -0.39 is 6.10 Å². The summed E-state index contributed by atoms with van der Waals surface area (Å²) >= 11 is 0. The Labute approximate surface area is 118 Å². The van der Waals surface area contributed by atoms with Gasteiger partial charge >= 0.3 is 0 Å². The number of carbonyl (C=O) groups excluding carboxylic acids is 1. The fourth-order valence-electron chi connectivity index (χ4n) is 2.25. The number of rotatable bonds is 4. The van der Waals surface area contributed by atoms with Crippen molar-refractivity contribution in [2.45, 2.75) is 32.0 Å². The zero-order valence-electron chi connectivity index (χ0n) is 11.6. The summed E-state index contributed by atoms with van der Waals surface area (Å²) in [5.74, 6) is -0.254. The highest BCUT2D eigenvalue weighted by Crippen LogP contribution is 2.23. The number of nitrogens with zero attached hydrogens (tertiary/aromatic N) is 1. The quantitative estimate of drug-likeness (QED) is 0.917. The van der Waals surface area contributed by atoms with Crippen molar-refractivity contribution in [1.29, 1.82) is 0 Å². The molecule has 5 heteroatoms. The minimum Gasteiger partial charge on any atom is -0.393 e. The molecule has 1 heterocycles. The van der Waals surface area contributed by atoms with Crippen molar-refractivity contribution < 1.29 is 19.0 Å². The lowest BCUT2D eigenvalue weighted by molar-refractivity contribution is -0.139. The Bertz CT molecular complexity index is 447. The summed E-state index contributed by atoms with van der Waals surface area (Å²) in [6.45, 7) is 3.19. The van der Waals surface area contributed by atoms with Gasteiger partial charge in [0.25, 0.3) is 0 Å². The van der Waals surface area contributed by atoms with Crippen molar-refractivity contribution >= 4 is 5.91 Å². The molecule has 1 aromatic rings. The van der Waals surface area contributed by atoms with Gasteiger partial charge in [0.2, 0.25) is 5.91 Å². The molecular weight excluding hydrogens is 261 g/mol. The number of morpholine rings is 1. The van der Waals surface area contributed by atoms with Crippen LogP contribution < -0.4 is 0 Å². The summed E-state index contributed by atoms with van der Waals surface area (Å²) in [6.07, 6.45) is 0.137. The molecular formula is C15H20FNO3. The monoisotopic (exact) mass is 281 g/mol. The third-order valence-electron chi connectivity index (χ3n) is 3.44. The van der Waals surface area contributed by atoms with E-state index in [9.17, 15) is 14.3 Å². The number of carbonyl (C=O) groups is 1. The topological polar surface area (TPSA) is 49.8 Å². The summed E-state index contributed by atoms with van der Waals surface area (Å²) < 4.78 is 18.5. The second-order valence-electron chi connectivity index (χ2n) is 5.14. The van der Waals surface area contributed by atoms with Crippen LogP contribution >= 0.6 is 0 Å². The molecule has 0 aromatic heterocycles. The lowest BCUT2D eigenvalue weighted by atomic mass is 10.1. The van der Waals surface area contributed by atoms with Crippen molar-refractivity contribution in [2.75, 3.05) is 19.7 Å². The van der Waals surface area contributed by atoms with Gasteiger partial charge in [-0.2, -0.15) is 0 Å². The Morgan fingerprint density at radius 1 is 1.50 bits per heavy atom. The maximum atomic E-state index is 12.9. The van der Waals surface area contributed by atoms with Gasteiger partial charge in [-0.1, -0.05) is 12.1 Å². The molecule has 1 aliphatic heterocycles. The third kappa shape index (κ3) is 4.02. The molecule has 0 spiro atoms. The Morgan fingerprint density at radius 3 is 2.85 bits per heavy atom. The minimum atomic E-state index is -0.465. The molecule has 1 aliphatic rings. The van der Waals surface area contributed by atoms with Gasteiger partial charge in [-0.25, -0.2) is 4.39 Å². The molecule has 1 aromatic carbocycles. The molecule has 0 radical (unpaired) electrons. The smallest absolute Gasteiger partial charge is 0.222 e. The van der Waals surface area contributed by atoms with Crippen molar-refractivity contribution in [2.24, 2.45) is 0 Å². The number of aliphatic hydroxyl groups is 1. The number of benzene rings is 1. The highest BCUT2D eigenvalue weighted by molar-refractivity contribution is 5.76. The van der Waals surface area contributed by atoms with Gasteiger partial charge in [-0.05, 0) is 31.0 Å². The second-order valence-corrected chi connectivity index (χ2v) is 5.14. The normalized spacial score (nSPS) is 20.8. The lowest BCUT2D eigenvalue weighted by Crippen LogP contribution is -2.42. The van der Waals surface area contributed by atoms with Crippen LogP contribution in [-0.2, 0) is 9.53 Å². The van der Waals surface area contributed by atoms with Crippen LogP contribution in [-0.4, -0.2) is 41.7 Å². The van der Waals surface area contributed by atoms with Gasteiger partial charge < -0.3 is 14.7 Å². The Hall–Kier alpha value is -1.46. The Morgan fingerprint density at radius 2 is 2.20 bits per heavy atom. The molecule has 1 N–H and O–H groups in total. The van der Waals surface area contributed by atoms with Crippen LogP contribution in [0, 0.1) is 5.82 Å². The van der Waals surface area contributed by atoms with E-state index in [-0.39, 0.29) is 17.8 Å². The molecule has 0 bridgehead atoms. The molecule has 4 nitrogen and oxygen atoms in total. The first-order valence-electron chi connectivity index (χ1n) is 6.89. The standard InChI is InChI=1S/C15H20FNO3/c1-11(18)2-7-15(19)17-8-9-20-14(10-17)12-3-5-13(16)6-4-12/h3-6,11,14,18H,2,7-10H2,1H3. The van der Waals surface area contributed by atoms with Gasteiger partial charge in [0.05, 0.1) is 19.3 Å². The summed E-state index contributed by atoms with van der Waals surface area (Å²) in [6, 6.07) is 6.16. The predicted molar refractivity (Wildman–Crippen MR) is 72.6 cm³/mol. The second kappa shape index (κ2) is 6.81. The van der Waals surface area contributed by atoms with Crippen molar-refractivity contribution in [1.82, 2.24) is 4.90 Å². The number of amides is 1. The minimum absolute atomic E-state index is 0.0290. The molecule has 2 unspecified atom stereocenters. The van der Waals surface area contributed by atoms with Crippen LogP contribution in [0.1, 0.15) is 31.4 Å². The Balaban J connectivity index is 1.94. The van der Waals surface area contributed by atoms with Crippen LogP contribution in [0.15, 0.2) is 24.3 Å². The lowest BCUT2D eigenvalue weighted by Gasteiger charge is -2.33. The highest BCUT2D eigenvalue weighted by atomic mass is 19.1. The van der Waals surface area contributed by atoms with Crippen molar-refractivity contribution in [3.05, 3.63) is 35.6 Å². The number of aliphatic hydroxyl groups excluding tert-OH is 1. The molecule has 0 aliphatic carbocycles. The summed E-state index contributed by atoms with van der Waals surface area (Å²) in [5.41, 5.74) is 0.874. The van der Waals surface area contributed by atoms with Gasteiger partial charge in [-0.3, -0.25) is 4.79 Å². The SMILES string of the molecule is CC(O)CCC(=O)N1CCOC(c2ccc(F)cc2)C1. The fourth-order valence-corrected chi connectivity index (χ4v) is 2.25. The largest absolute Gasteiger partial charge is 0.393 e. The maximum absolute atomic E-state index is 12.9. The predicted octanol–water partition coefficient (Wildman–Crippen LogP) is 1.89. The highest BCUT2D eigenvalue weighted by Gasteiger charge is 2.25. The van der Waals surface area contributed by atoms with E-state index in [1.54, 1.807) is 24.0 Å². The molecule has 1 amide bonds. The first-order chi connectivity index (χ1) is 9.56. The average Bonchev–Trinajstić information content (AvgIpc) is 2.45. The van der Waals surface area contributed by atoms with E-state index in [1.165, 1.54) is 12.1 Å². The molecule has 0 saturated carbocycles. The van der Waals surface area contributed by atoms with Crippen LogP contribution in [0.25, 0.3) is 0 Å². The van der Waals surface area contributed by atoms with Gasteiger partial charge in [-0.15, -0.1) is 0 Å². The average molecular weight is 281 g/mol. The molecule has 1 saturated heterocycles. The molecule has 110 valence electrons. The van der Waals surface area contributed by atoms with Crippen molar-refractivity contribution in [3.63, 3.8) is 0 Å². The summed E-state index contributed by atoms with van der Waals surface area (Å²) in [7, 11) is 0. The summed E-state index contributed by atoms with van der Waals surface area (Å²) in [4.78, 5) is 13.8. The zero-order chi connectivity index (χ0) is 14.5. The number of halogens is 1. The first-order valence-corrected chi connectivity index (χ1v) is 6.89. The van der Waals surface area contributed by atoms with Gasteiger partial charge in [0.1, 0.15) is 11.9 Å². The van der Waals surface area contributed by atoms with E-state index in [2.05, 4.69) is 0 Å². The van der Waals surface area contributed by atoms with Gasteiger partial charge in [0, 0.05) is 13.0 Å². The van der Waals surface area contributed by atoms with E-state index >= 15 is 0 Å². The molecule has 1 fully saturated rings. The van der Waals surface area contributed by atoms with Gasteiger partial charge in [0.15, 0.2) is 0 Å². The van der Waals surface area contributed by atoms with Crippen LogP contribution in [0.5, 0.6) is 0 Å². The number of hydrogen-bond donors (Lipinski definition) is 1. The number of ether oxygens (including phenoxy) is 1. The first kappa shape index (κ1) is 14.9. The van der Waals surface area contributed by atoms with E-state index in [1.807, 2.05) is 0 Å². The molecule has 2 atom stereocenters. The zero-order valence-corrected chi connectivity index (χ0v) is 11.6. The van der Waals surface area contributed by atoms with E-state index in [0.717, 1.165) is 5.56 Å². The van der Waals surface area contributed by atoms with Crippen LogP contribution in [0.3, 0.4) is 0 Å². The van der Waals surface area contributed by atoms with E-state index in [4.69, 9.17) is 4.74 Å². The van der Waals surface area contributed by atoms with Crippen LogP contribution in [0.4, 0.5) is 4.39 Å². The Kier molecular flexibility index (Phi) is 5.09. The summed E-state index contributed by atoms with van der Waals surface area (Å²) in [5, 5.41) is 9.22. The number of hydrogen-bond acceptors (Lipinski definition) is 3. The molecule has 20 heavy (non-hydrogen) atoms. The maximum Gasteiger partial charge on any atom is 0.222 e. The molecule has 2 rings (SSSR count). The fraction of sp³-hybridized carbons (Fsp3) is 0.533. The van der Waals surface area contributed by atoms with E-state index in [0.29, 0.717) is 32.5 Å². The third-order valence-corrected chi connectivity index (χ3v) is 3.44. The van der Waals surface area contributed by atoms with Crippen molar-refractivity contribution in [3.8, 4) is 0 Å². The van der Waals surface area contributed by atoms with Crippen LogP contribution in [0.2, 0.25) is 0 Å².